The summed E-state index contributed by atoms with van der Waals surface area (Å²) in [6.45, 7) is 0. The highest BCUT2D eigenvalue weighted by Crippen LogP contribution is 2.41. The van der Waals surface area contributed by atoms with Crippen molar-refractivity contribution >= 4 is 11.4 Å². The normalized spacial score (nSPS) is 10.8. The molecule has 5 aromatic carbocycles. The molecule has 0 radical (unpaired) electrons. The second kappa shape index (κ2) is 8.44. The van der Waals surface area contributed by atoms with E-state index in [-0.39, 0.29) is 0 Å². The molecule has 0 heterocycles. The maximum Gasteiger partial charge on any atom is 0.0474 e. The molecule has 2 heteroatoms. The first-order valence-corrected chi connectivity index (χ1v) is 10.7. The lowest BCUT2D eigenvalue weighted by molar-refractivity contribution is 1.55. The molecule has 0 atom stereocenters. The lowest BCUT2D eigenvalue weighted by Gasteiger charge is -2.16. The van der Waals surface area contributed by atoms with Crippen molar-refractivity contribution in [3.05, 3.63) is 121 Å². The van der Waals surface area contributed by atoms with Gasteiger partial charge in [0.05, 0.1) is 0 Å². The van der Waals surface area contributed by atoms with Crippen molar-refractivity contribution in [3.63, 3.8) is 0 Å². The maximum absolute atomic E-state index is 6.73. The van der Waals surface area contributed by atoms with Crippen LogP contribution in [0.25, 0.3) is 44.5 Å². The maximum atomic E-state index is 6.73. The quantitative estimate of drug-likeness (QED) is 0.300. The van der Waals surface area contributed by atoms with Gasteiger partial charge in [-0.15, -0.1) is 0 Å². The van der Waals surface area contributed by atoms with Crippen LogP contribution in [-0.2, 0) is 0 Å². The molecule has 0 fully saturated rings. The van der Waals surface area contributed by atoms with Crippen LogP contribution >= 0.6 is 0 Å². The van der Waals surface area contributed by atoms with Crippen LogP contribution in [0.2, 0.25) is 0 Å². The third kappa shape index (κ3) is 3.63. The summed E-state index contributed by atoms with van der Waals surface area (Å²) in [5.74, 6) is 0. The Kier molecular flexibility index (Phi) is 5.19. The van der Waals surface area contributed by atoms with Crippen molar-refractivity contribution < 1.29 is 0 Å². The van der Waals surface area contributed by atoms with Crippen molar-refractivity contribution in [1.82, 2.24) is 0 Å². The van der Waals surface area contributed by atoms with Gasteiger partial charge in [0.25, 0.3) is 0 Å². The molecule has 2 nitrogen and oxygen atoms in total. The molecule has 0 amide bonds. The fourth-order valence-electron chi connectivity index (χ4n) is 4.24. The molecule has 0 saturated carbocycles. The topological polar surface area (TPSA) is 52.0 Å². The van der Waals surface area contributed by atoms with Gasteiger partial charge in [0, 0.05) is 28.1 Å². The second-order valence-corrected chi connectivity index (χ2v) is 7.85. The van der Waals surface area contributed by atoms with E-state index in [4.69, 9.17) is 11.5 Å². The molecule has 4 N–H and O–H groups in total. The van der Waals surface area contributed by atoms with Crippen LogP contribution in [0.1, 0.15) is 0 Å². The number of nitrogen functional groups attached to an aromatic ring is 2. The fourth-order valence-corrected chi connectivity index (χ4v) is 4.24. The van der Waals surface area contributed by atoms with E-state index in [1.807, 2.05) is 42.5 Å². The van der Waals surface area contributed by atoms with Crippen molar-refractivity contribution in [1.29, 1.82) is 0 Å². The highest BCUT2D eigenvalue weighted by molar-refractivity contribution is 5.96. The number of nitrogens with two attached hydrogens (primary N) is 2. The number of para-hydroxylation sites is 2. The van der Waals surface area contributed by atoms with Crippen LogP contribution in [0.4, 0.5) is 11.4 Å². The van der Waals surface area contributed by atoms with E-state index in [0.29, 0.717) is 0 Å². The molecular formula is C30H24N2. The van der Waals surface area contributed by atoms with Gasteiger partial charge in [-0.2, -0.15) is 0 Å². The molecule has 0 aliphatic rings. The van der Waals surface area contributed by atoms with Gasteiger partial charge in [0.1, 0.15) is 0 Å². The summed E-state index contributed by atoms with van der Waals surface area (Å²) in [5.41, 5.74) is 23.1. The van der Waals surface area contributed by atoms with Gasteiger partial charge in [0.2, 0.25) is 0 Å². The summed E-state index contributed by atoms with van der Waals surface area (Å²) >= 11 is 0. The Morgan fingerprint density at radius 1 is 0.344 bits per heavy atom. The van der Waals surface area contributed by atoms with E-state index >= 15 is 0 Å². The molecular weight excluding hydrogens is 388 g/mol. The Bertz CT molecular complexity index is 1390. The standard InChI is InChI=1S/C30H24N2/c31-29-19-7-6-16-26(29)28-18-9-17-27(30(28)32)25-15-5-4-14-24(25)23-13-8-12-22(20-23)21-10-2-1-3-11-21/h1-20H,31-32H2. The largest absolute Gasteiger partial charge is 0.398 e. The summed E-state index contributed by atoms with van der Waals surface area (Å²) in [7, 11) is 0. The molecule has 0 unspecified atom stereocenters. The number of hydrogen-bond donors (Lipinski definition) is 2. The van der Waals surface area contributed by atoms with Gasteiger partial charge >= 0.3 is 0 Å². The SMILES string of the molecule is Nc1ccccc1-c1cccc(-c2ccccc2-c2cccc(-c3ccccc3)c2)c1N. The van der Waals surface area contributed by atoms with Crippen molar-refractivity contribution in [2.45, 2.75) is 0 Å². The van der Waals surface area contributed by atoms with Crippen molar-refractivity contribution in [2.24, 2.45) is 0 Å². The Morgan fingerprint density at radius 3 is 1.59 bits per heavy atom. The van der Waals surface area contributed by atoms with Crippen molar-refractivity contribution in [3.8, 4) is 44.5 Å². The smallest absolute Gasteiger partial charge is 0.0474 e. The predicted molar refractivity (Wildman–Crippen MR) is 137 cm³/mol. The third-order valence-corrected chi connectivity index (χ3v) is 5.86. The van der Waals surface area contributed by atoms with E-state index in [2.05, 4.69) is 78.9 Å². The van der Waals surface area contributed by atoms with Gasteiger partial charge in [-0.1, -0.05) is 109 Å². The van der Waals surface area contributed by atoms with Crippen molar-refractivity contribution in [2.75, 3.05) is 11.5 Å². The molecule has 0 spiro atoms. The van der Waals surface area contributed by atoms with Crippen LogP contribution in [0.5, 0.6) is 0 Å². The first kappa shape index (κ1) is 19.7. The van der Waals surface area contributed by atoms with Crippen LogP contribution in [0.15, 0.2) is 121 Å². The minimum atomic E-state index is 0.722. The molecule has 0 saturated heterocycles. The minimum Gasteiger partial charge on any atom is -0.398 e. The average molecular weight is 413 g/mol. The minimum absolute atomic E-state index is 0.722. The first-order valence-electron chi connectivity index (χ1n) is 10.7. The van der Waals surface area contributed by atoms with E-state index in [1.54, 1.807) is 0 Å². The lowest BCUT2D eigenvalue weighted by Crippen LogP contribution is -1.97. The molecule has 0 aliphatic heterocycles. The fraction of sp³-hybridized carbons (Fsp3) is 0. The first-order chi connectivity index (χ1) is 15.7. The number of anilines is 2. The number of rotatable bonds is 4. The zero-order chi connectivity index (χ0) is 21.9. The molecule has 154 valence electrons. The summed E-state index contributed by atoms with van der Waals surface area (Å²) in [5, 5.41) is 0. The van der Waals surface area contributed by atoms with Gasteiger partial charge in [0.15, 0.2) is 0 Å². The lowest BCUT2D eigenvalue weighted by atomic mass is 9.90. The van der Waals surface area contributed by atoms with Gasteiger partial charge < -0.3 is 11.5 Å². The molecule has 0 aromatic heterocycles. The number of benzene rings is 5. The van der Waals surface area contributed by atoms with Crippen LogP contribution in [0.3, 0.4) is 0 Å². The monoisotopic (exact) mass is 412 g/mol. The second-order valence-electron chi connectivity index (χ2n) is 7.85. The Hall–Kier alpha value is -4.30. The Morgan fingerprint density at radius 2 is 0.844 bits per heavy atom. The zero-order valence-electron chi connectivity index (χ0n) is 17.7. The number of hydrogen-bond acceptors (Lipinski definition) is 2. The van der Waals surface area contributed by atoms with E-state index in [0.717, 1.165) is 44.8 Å². The van der Waals surface area contributed by atoms with Crippen LogP contribution in [-0.4, -0.2) is 0 Å². The summed E-state index contributed by atoms with van der Waals surface area (Å²) in [6.07, 6.45) is 0. The van der Waals surface area contributed by atoms with Gasteiger partial charge in [-0.25, -0.2) is 0 Å². The summed E-state index contributed by atoms with van der Waals surface area (Å²) in [4.78, 5) is 0. The molecule has 0 bridgehead atoms. The zero-order valence-corrected chi connectivity index (χ0v) is 17.7. The van der Waals surface area contributed by atoms with E-state index < -0.39 is 0 Å². The van der Waals surface area contributed by atoms with E-state index in [9.17, 15) is 0 Å². The molecule has 0 aliphatic carbocycles. The highest BCUT2D eigenvalue weighted by Gasteiger charge is 2.14. The Labute approximate surface area is 188 Å². The van der Waals surface area contributed by atoms with Crippen LogP contribution < -0.4 is 11.5 Å². The molecule has 32 heavy (non-hydrogen) atoms. The Balaban J connectivity index is 1.65. The van der Waals surface area contributed by atoms with E-state index in [1.165, 1.54) is 11.1 Å². The highest BCUT2D eigenvalue weighted by atomic mass is 14.6. The molecule has 5 aromatic rings. The molecule has 5 rings (SSSR count). The third-order valence-electron chi connectivity index (χ3n) is 5.86. The van der Waals surface area contributed by atoms with Gasteiger partial charge in [-0.3, -0.25) is 0 Å². The van der Waals surface area contributed by atoms with Crippen LogP contribution in [0, 0.1) is 0 Å². The summed E-state index contributed by atoms with van der Waals surface area (Å²) in [6, 6.07) is 41.5. The van der Waals surface area contributed by atoms with Gasteiger partial charge in [-0.05, 0) is 39.9 Å². The summed E-state index contributed by atoms with van der Waals surface area (Å²) < 4.78 is 0. The predicted octanol–water partition coefficient (Wildman–Crippen LogP) is 7.52. The average Bonchev–Trinajstić information content (AvgIpc) is 2.85.